The number of hydrogen-bond acceptors (Lipinski definition) is 2. The Labute approximate surface area is 228 Å². The number of aryl methyl sites for hydroxylation is 2. The molecule has 0 amide bonds. The van der Waals surface area contributed by atoms with Gasteiger partial charge in [-0.25, -0.2) is 0 Å². The molecule has 6 rings (SSSR count). The first-order valence-electron chi connectivity index (χ1n) is 15.1. The minimum absolute atomic E-state index is 0.197. The van der Waals surface area contributed by atoms with Gasteiger partial charge in [0, 0.05) is 0 Å². The summed E-state index contributed by atoms with van der Waals surface area (Å²) in [5.41, 5.74) is 2.23. The van der Waals surface area contributed by atoms with Crippen LogP contribution in [0, 0.1) is 25.0 Å². The van der Waals surface area contributed by atoms with Crippen LogP contribution in [-0.4, -0.2) is 13.3 Å². The minimum atomic E-state index is -3.33. The van der Waals surface area contributed by atoms with Gasteiger partial charge < -0.3 is 0 Å². The van der Waals surface area contributed by atoms with Crippen molar-refractivity contribution in [2.75, 3.05) is 0 Å². The van der Waals surface area contributed by atoms with Crippen molar-refractivity contribution >= 4 is 48.4 Å². The Morgan fingerprint density at radius 3 is 2.03 bits per heavy atom. The van der Waals surface area contributed by atoms with Gasteiger partial charge in [-0.15, -0.1) is 0 Å². The SMILES string of the molecule is [2H]C([2H])([2H])c1ccc(-c2cccc3c2oc2c(C#N)[c]([Ge]([CH3])([c]4ccccc4)[c]4ccccc4)ccc23)cc1C([2H])([2H])[2H]. The van der Waals surface area contributed by atoms with Crippen LogP contribution >= 0.6 is 0 Å². The molecular formula is C34H27GeNO. The Hall–Kier alpha value is -4.07. The molecule has 0 N–H and O–H groups in total. The molecule has 2 nitrogen and oxygen atoms in total. The molecule has 0 aliphatic heterocycles. The van der Waals surface area contributed by atoms with Crippen LogP contribution in [0.25, 0.3) is 33.1 Å². The number of nitriles is 1. The number of rotatable bonds is 4. The van der Waals surface area contributed by atoms with Crippen LogP contribution in [0.2, 0.25) is 5.76 Å². The average molecular weight is 544 g/mol. The van der Waals surface area contributed by atoms with E-state index in [1.807, 2.05) is 60.7 Å². The zero-order valence-electron chi connectivity index (χ0n) is 26.2. The molecule has 0 atom stereocenters. The van der Waals surface area contributed by atoms with Crippen molar-refractivity contribution in [3.8, 4) is 17.2 Å². The van der Waals surface area contributed by atoms with Crippen LogP contribution in [-0.2, 0) is 0 Å². The maximum absolute atomic E-state index is 10.6. The van der Waals surface area contributed by atoms with E-state index >= 15 is 0 Å². The first-order valence-corrected chi connectivity index (χ1v) is 17.3. The number of hydrogen-bond donors (Lipinski definition) is 0. The molecule has 0 aliphatic rings. The Morgan fingerprint density at radius 1 is 0.703 bits per heavy atom. The van der Waals surface area contributed by atoms with E-state index < -0.39 is 27.0 Å². The number of benzene rings is 5. The van der Waals surface area contributed by atoms with Crippen LogP contribution < -0.4 is 13.2 Å². The van der Waals surface area contributed by atoms with Gasteiger partial charge in [0.25, 0.3) is 0 Å². The van der Waals surface area contributed by atoms with E-state index in [1.54, 1.807) is 6.07 Å². The Bertz CT molecular complexity index is 1980. The third-order valence-corrected chi connectivity index (χ3v) is 16.7. The van der Waals surface area contributed by atoms with Crippen molar-refractivity contribution in [2.45, 2.75) is 19.5 Å². The zero-order chi connectivity index (χ0) is 30.6. The fourth-order valence-corrected chi connectivity index (χ4v) is 13.2. The van der Waals surface area contributed by atoms with Gasteiger partial charge in [0.2, 0.25) is 0 Å². The van der Waals surface area contributed by atoms with E-state index in [9.17, 15) is 5.26 Å². The van der Waals surface area contributed by atoms with Gasteiger partial charge in [-0.05, 0) is 0 Å². The second-order valence-corrected chi connectivity index (χ2v) is 17.7. The van der Waals surface area contributed by atoms with Gasteiger partial charge in [0.1, 0.15) is 0 Å². The molecule has 178 valence electrons. The van der Waals surface area contributed by atoms with Crippen molar-refractivity contribution in [2.24, 2.45) is 0 Å². The maximum atomic E-state index is 10.6. The normalized spacial score (nSPS) is 14.7. The molecule has 0 saturated heterocycles. The van der Waals surface area contributed by atoms with Gasteiger partial charge in [0.05, 0.1) is 0 Å². The Balaban J connectivity index is 1.62. The van der Waals surface area contributed by atoms with E-state index in [4.69, 9.17) is 12.6 Å². The van der Waals surface area contributed by atoms with Crippen molar-refractivity contribution in [1.29, 1.82) is 5.26 Å². The summed E-state index contributed by atoms with van der Waals surface area (Å²) < 4.78 is 57.5. The molecule has 0 fully saturated rings. The molecule has 37 heavy (non-hydrogen) atoms. The first-order chi connectivity index (χ1) is 20.4. The van der Waals surface area contributed by atoms with Gasteiger partial charge in [-0.2, -0.15) is 0 Å². The third kappa shape index (κ3) is 3.70. The number of furan rings is 1. The van der Waals surface area contributed by atoms with Gasteiger partial charge >= 0.3 is 229 Å². The summed E-state index contributed by atoms with van der Waals surface area (Å²) in [6.07, 6.45) is 0. The molecular weight excluding hydrogens is 511 g/mol. The summed E-state index contributed by atoms with van der Waals surface area (Å²) in [7, 11) is 0. The van der Waals surface area contributed by atoms with Crippen LogP contribution in [0.4, 0.5) is 0 Å². The Kier molecular flexibility index (Phi) is 4.28. The Morgan fingerprint density at radius 2 is 1.38 bits per heavy atom. The quantitative estimate of drug-likeness (QED) is 0.228. The average Bonchev–Trinajstić information content (AvgIpc) is 3.39. The van der Waals surface area contributed by atoms with Crippen molar-refractivity contribution < 1.29 is 12.6 Å². The molecule has 0 aliphatic carbocycles. The van der Waals surface area contributed by atoms with Crippen molar-refractivity contribution in [3.63, 3.8) is 0 Å². The van der Waals surface area contributed by atoms with Gasteiger partial charge in [-0.1, -0.05) is 0 Å². The van der Waals surface area contributed by atoms with Crippen LogP contribution in [0.1, 0.15) is 24.9 Å². The second kappa shape index (κ2) is 9.10. The fourth-order valence-electron chi connectivity index (χ4n) is 5.35. The zero-order valence-corrected chi connectivity index (χ0v) is 22.3. The summed E-state index contributed by atoms with van der Waals surface area (Å²) in [4.78, 5) is 0. The third-order valence-electron chi connectivity index (χ3n) is 7.35. The predicted molar refractivity (Wildman–Crippen MR) is 157 cm³/mol. The molecule has 3 heteroatoms. The van der Waals surface area contributed by atoms with Crippen molar-refractivity contribution in [1.82, 2.24) is 0 Å². The first kappa shape index (κ1) is 17.4. The molecule has 0 radical (unpaired) electrons. The molecule has 5 aromatic carbocycles. The van der Waals surface area contributed by atoms with Crippen LogP contribution in [0.5, 0.6) is 0 Å². The molecule has 1 aromatic heterocycles. The summed E-state index contributed by atoms with van der Waals surface area (Å²) in [6.45, 7) is -5.18. The van der Waals surface area contributed by atoms with Gasteiger partial charge in [0.15, 0.2) is 0 Å². The summed E-state index contributed by atoms with van der Waals surface area (Å²) >= 11 is -3.33. The van der Waals surface area contributed by atoms with Crippen molar-refractivity contribution in [3.05, 3.63) is 126 Å². The number of para-hydroxylation sites is 1. The number of nitrogens with zero attached hydrogens (tertiary/aromatic N) is 1. The molecule has 0 saturated carbocycles. The summed E-state index contributed by atoms with van der Waals surface area (Å²) in [5, 5.41) is 12.2. The standard InChI is InChI=1S/C34H27GeNO/c1-23-17-18-25(21-24(23)2)28-15-10-16-29-30-19-20-32(31(22-36)34(30)37-33(28)29)35(3,26-11-6-4-7-12-26)27-13-8-5-9-14-27/h4-21H,1-3H3/i1D3,2D3. The summed E-state index contributed by atoms with van der Waals surface area (Å²) in [6, 6.07) is 37.2. The molecule has 0 spiro atoms. The number of fused-ring (bicyclic) bond motifs is 3. The summed E-state index contributed by atoms with van der Waals surface area (Å²) in [5.74, 6) is 2.30. The monoisotopic (exact) mass is 545 g/mol. The second-order valence-electron chi connectivity index (χ2n) is 9.38. The van der Waals surface area contributed by atoms with E-state index in [0.29, 0.717) is 27.9 Å². The molecule has 6 aromatic rings. The van der Waals surface area contributed by atoms with E-state index in [2.05, 4.69) is 42.2 Å². The van der Waals surface area contributed by atoms with Crippen LogP contribution in [0.15, 0.2) is 114 Å². The van der Waals surface area contributed by atoms with Crippen LogP contribution in [0.3, 0.4) is 0 Å². The topological polar surface area (TPSA) is 36.9 Å². The van der Waals surface area contributed by atoms with E-state index in [-0.39, 0.29) is 11.1 Å². The van der Waals surface area contributed by atoms with Gasteiger partial charge in [-0.3, -0.25) is 0 Å². The van der Waals surface area contributed by atoms with E-state index in [1.165, 1.54) is 20.9 Å². The molecule has 0 unspecified atom stereocenters. The molecule has 1 heterocycles. The predicted octanol–water partition coefficient (Wildman–Crippen LogP) is 6.84. The fraction of sp³-hybridized carbons (Fsp3) is 0.0882. The molecule has 0 bridgehead atoms. The van der Waals surface area contributed by atoms with E-state index in [0.717, 1.165) is 15.2 Å².